The van der Waals surface area contributed by atoms with Crippen LogP contribution in [0, 0.1) is 5.92 Å². The highest BCUT2D eigenvalue weighted by Crippen LogP contribution is 2.31. The first-order chi connectivity index (χ1) is 8.15. The third-order valence-electron chi connectivity index (χ3n) is 2.72. The molecule has 0 heterocycles. The van der Waals surface area contributed by atoms with E-state index in [0.29, 0.717) is 0 Å². The van der Waals surface area contributed by atoms with Gasteiger partial charge in [-0.1, -0.05) is 12.2 Å². The molecule has 2 N–H and O–H groups in total. The number of hydrogen-bond donors (Lipinski definition) is 2. The number of nitrogens with zero attached hydrogens (tertiary/aromatic N) is 1. The van der Waals surface area contributed by atoms with Crippen LogP contribution in [0.4, 0.5) is 0 Å². The van der Waals surface area contributed by atoms with Gasteiger partial charge in [-0.15, -0.1) is 0 Å². The fourth-order valence-corrected chi connectivity index (χ4v) is 1.64. The fraction of sp³-hybridized carbons (Fsp3) is 0.231. The number of carbonyl (C=O) groups is 1. The summed E-state index contributed by atoms with van der Waals surface area (Å²) in [5, 5.41) is 12.9. The molecule has 1 saturated carbocycles. The Hall–Kier alpha value is -2.10. The SMILES string of the molecule is C=C1CC(C(=O)N/N=C\c2ccc(O)cc2)C1. The topological polar surface area (TPSA) is 61.7 Å². The molecule has 0 saturated heterocycles. The van der Waals surface area contributed by atoms with Gasteiger partial charge in [0.05, 0.1) is 6.21 Å². The number of hydrogen-bond acceptors (Lipinski definition) is 3. The molecule has 0 atom stereocenters. The van der Waals surface area contributed by atoms with Gasteiger partial charge < -0.3 is 5.11 Å². The van der Waals surface area contributed by atoms with Gasteiger partial charge in [0.2, 0.25) is 5.91 Å². The van der Waals surface area contributed by atoms with Crippen molar-refractivity contribution in [2.24, 2.45) is 11.0 Å². The zero-order chi connectivity index (χ0) is 12.3. The van der Waals surface area contributed by atoms with Crippen LogP contribution in [0.25, 0.3) is 0 Å². The Balaban J connectivity index is 1.83. The maximum atomic E-state index is 11.5. The predicted octanol–water partition coefficient (Wildman–Crippen LogP) is 1.81. The van der Waals surface area contributed by atoms with Gasteiger partial charge in [-0.2, -0.15) is 5.10 Å². The summed E-state index contributed by atoms with van der Waals surface area (Å²) in [4.78, 5) is 11.5. The van der Waals surface area contributed by atoms with Gasteiger partial charge in [-0.3, -0.25) is 4.79 Å². The summed E-state index contributed by atoms with van der Waals surface area (Å²) in [5.41, 5.74) is 4.43. The highest BCUT2D eigenvalue weighted by Gasteiger charge is 2.27. The van der Waals surface area contributed by atoms with Crippen molar-refractivity contribution < 1.29 is 9.90 Å². The average molecular weight is 230 g/mol. The van der Waals surface area contributed by atoms with Crippen molar-refractivity contribution in [3.8, 4) is 5.75 Å². The molecular weight excluding hydrogens is 216 g/mol. The first kappa shape index (κ1) is 11.4. The average Bonchev–Trinajstić information content (AvgIpc) is 2.27. The van der Waals surface area contributed by atoms with Crippen molar-refractivity contribution in [3.63, 3.8) is 0 Å². The van der Waals surface area contributed by atoms with Gasteiger partial charge in [0.1, 0.15) is 5.75 Å². The van der Waals surface area contributed by atoms with Crippen LogP contribution in [0.5, 0.6) is 5.75 Å². The Morgan fingerprint density at radius 3 is 2.65 bits per heavy atom. The largest absolute Gasteiger partial charge is 0.508 e. The Morgan fingerprint density at radius 2 is 2.06 bits per heavy atom. The Morgan fingerprint density at radius 1 is 1.41 bits per heavy atom. The Labute approximate surface area is 99.7 Å². The van der Waals surface area contributed by atoms with E-state index in [1.165, 1.54) is 0 Å². The van der Waals surface area contributed by atoms with E-state index in [0.717, 1.165) is 24.0 Å². The molecule has 2 rings (SSSR count). The van der Waals surface area contributed by atoms with Crippen molar-refractivity contribution in [1.29, 1.82) is 0 Å². The van der Waals surface area contributed by atoms with Crippen molar-refractivity contribution in [2.45, 2.75) is 12.8 Å². The minimum atomic E-state index is -0.0626. The van der Waals surface area contributed by atoms with Crippen LogP contribution in [0.3, 0.4) is 0 Å². The molecule has 0 aliphatic heterocycles. The second kappa shape index (κ2) is 4.82. The van der Waals surface area contributed by atoms with E-state index in [2.05, 4.69) is 17.1 Å². The second-order valence-electron chi connectivity index (χ2n) is 4.18. The number of benzene rings is 1. The number of allylic oxidation sites excluding steroid dienone is 1. The number of nitrogens with one attached hydrogen (secondary N) is 1. The summed E-state index contributed by atoms with van der Waals surface area (Å²) in [6, 6.07) is 6.57. The number of phenols is 1. The summed E-state index contributed by atoms with van der Waals surface area (Å²) < 4.78 is 0. The maximum Gasteiger partial charge on any atom is 0.243 e. The molecule has 0 spiro atoms. The second-order valence-corrected chi connectivity index (χ2v) is 4.18. The standard InChI is InChI=1S/C13H14N2O2/c1-9-6-11(7-9)13(17)15-14-8-10-2-4-12(16)5-3-10/h2-5,8,11,16H,1,6-7H2,(H,15,17)/b14-8-. The van der Waals surface area contributed by atoms with Gasteiger partial charge in [-0.05, 0) is 42.7 Å². The minimum Gasteiger partial charge on any atom is -0.508 e. The molecule has 0 bridgehead atoms. The summed E-state index contributed by atoms with van der Waals surface area (Å²) in [7, 11) is 0. The molecule has 4 heteroatoms. The molecule has 1 amide bonds. The molecule has 0 unspecified atom stereocenters. The molecule has 1 aliphatic rings. The molecule has 4 nitrogen and oxygen atoms in total. The van der Waals surface area contributed by atoms with E-state index in [-0.39, 0.29) is 17.6 Å². The quantitative estimate of drug-likeness (QED) is 0.472. The zero-order valence-corrected chi connectivity index (χ0v) is 9.39. The molecule has 0 aromatic heterocycles. The lowest BCUT2D eigenvalue weighted by molar-refractivity contribution is -0.126. The van der Waals surface area contributed by atoms with E-state index in [4.69, 9.17) is 5.11 Å². The van der Waals surface area contributed by atoms with Crippen LogP contribution >= 0.6 is 0 Å². The third-order valence-corrected chi connectivity index (χ3v) is 2.72. The van der Waals surface area contributed by atoms with Gasteiger partial charge >= 0.3 is 0 Å². The van der Waals surface area contributed by atoms with Crippen molar-refractivity contribution in [2.75, 3.05) is 0 Å². The van der Waals surface area contributed by atoms with Crippen LogP contribution in [-0.2, 0) is 4.79 Å². The zero-order valence-electron chi connectivity index (χ0n) is 9.39. The summed E-state index contributed by atoms with van der Waals surface area (Å²) in [5.74, 6) is 0.172. The van der Waals surface area contributed by atoms with Crippen LogP contribution in [-0.4, -0.2) is 17.2 Å². The number of amides is 1. The van der Waals surface area contributed by atoms with Crippen molar-refractivity contribution in [1.82, 2.24) is 5.43 Å². The molecule has 17 heavy (non-hydrogen) atoms. The third kappa shape index (κ3) is 2.93. The number of rotatable bonds is 3. The summed E-state index contributed by atoms with van der Waals surface area (Å²) >= 11 is 0. The molecule has 1 fully saturated rings. The summed E-state index contributed by atoms with van der Waals surface area (Å²) in [6.07, 6.45) is 3.08. The van der Waals surface area contributed by atoms with Crippen LogP contribution in [0.15, 0.2) is 41.5 Å². The lowest BCUT2D eigenvalue weighted by Gasteiger charge is -2.25. The van der Waals surface area contributed by atoms with E-state index in [1.807, 2.05) is 0 Å². The molecule has 1 aromatic rings. The minimum absolute atomic E-state index is 0.0273. The lowest BCUT2D eigenvalue weighted by Crippen LogP contribution is -2.32. The first-order valence-electron chi connectivity index (χ1n) is 5.44. The lowest BCUT2D eigenvalue weighted by atomic mass is 9.81. The van der Waals surface area contributed by atoms with E-state index in [9.17, 15) is 4.79 Å². The van der Waals surface area contributed by atoms with Crippen molar-refractivity contribution in [3.05, 3.63) is 42.0 Å². The highest BCUT2D eigenvalue weighted by atomic mass is 16.3. The molecular formula is C13H14N2O2. The van der Waals surface area contributed by atoms with Gasteiger partial charge in [0.25, 0.3) is 0 Å². The Kier molecular flexibility index (Phi) is 3.23. The van der Waals surface area contributed by atoms with Gasteiger partial charge in [-0.25, -0.2) is 5.43 Å². The number of carbonyl (C=O) groups excluding carboxylic acids is 1. The smallest absolute Gasteiger partial charge is 0.243 e. The number of hydrazone groups is 1. The molecule has 1 aromatic carbocycles. The van der Waals surface area contributed by atoms with E-state index >= 15 is 0 Å². The number of aromatic hydroxyl groups is 1. The van der Waals surface area contributed by atoms with Crippen molar-refractivity contribution >= 4 is 12.1 Å². The Bertz CT molecular complexity index is 455. The summed E-state index contributed by atoms with van der Waals surface area (Å²) in [6.45, 7) is 3.79. The maximum absolute atomic E-state index is 11.5. The van der Waals surface area contributed by atoms with E-state index in [1.54, 1.807) is 30.5 Å². The molecule has 0 radical (unpaired) electrons. The first-order valence-corrected chi connectivity index (χ1v) is 5.44. The predicted molar refractivity (Wildman–Crippen MR) is 65.7 cm³/mol. The van der Waals surface area contributed by atoms with Gasteiger partial charge in [0.15, 0.2) is 0 Å². The van der Waals surface area contributed by atoms with E-state index < -0.39 is 0 Å². The monoisotopic (exact) mass is 230 g/mol. The van der Waals surface area contributed by atoms with Crippen LogP contribution in [0.2, 0.25) is 0 Å². The highest BCUT2D eigenvalue weighted by molar-refractivity contribution is 5.84. The fourth-order valence-electron chi connectivity index (χ4n) is 1.64. The van der Waals surface area contributed by atoms with Crippen LogP contribution < -0.4 is 5.43 Å². The molecule has 1 aliphatic carbocycles. The number of phenolic OH excluding ortho intramolecular Hbond substituents is 1. The normalized spacial score (nSPS) is 15.9. The van der Waals surface area contributed by atoms with Gasteiger partial charge in [0, 0.05) is 5.92 Å². The molecule has 88 valence electrons. The van der Waals surface area contributed by atoms with Crippen LogP contribution in [0.1, 0.15) is 18.4 Å².